The van der Waals surface area contributed by atoms with E-state index in [9.17, 15) is 18.0 Å². The largest absolute Gasteiger partial charge is 0.416 e. The van der Waals surface area contributed by atoms with E-state index in [1.165, 1.54) is 10.7 Å². The summed E-state index contributed by atoms with van der Waals surface area (Å²) in [4.78, 5) is 17.6. The van der Waals surface area contributed by atoms with E-state index in [4.69, 9.17) is 0 Å². The number of thiophene rings is 1. The van der Waals surface area contributed by atoms with Crippen molar-refractivity contribution in [2.75, 3.05) is 5.32 Å². The number of pyridine rings is 1. The number of carbonyl (C=O) groups is 1. The Morgan fingerprint density at radius 2 is 1.96 bits per heavy atom. The molecule has 28 heavy (non-hydrogen) atoms. The molecule has 9 heteroatoms. The van der Waals surface area contributed by atoms with Crippen LogP contribution < -0.4 is 5.32 Å². The van der Waals surface area contributed by atoms with Crippen LogP contribution in [0.25, 0.3) is 15.9 Å². The molecular weight excluding hydrogens is 389 g/mol. The number of halogens is 3. The van der Waals surface area contributed by atoms with Crippen molar-refractivity contribution >= 4 is 33.3 Å². The van der Waals surface area contributed by atoms with Crippen molar-refractivity contribution in [3.05, 3.63) is 70.9 Å². The average molecular weight is 402 g/mol. The van der Waals surface area contributed by atoms with Gasteiger partial charge >= 0.3 is 6.18 Å². The minimum Gasteiger partial charge on any atom is -0.306 e. The zero-order valence-electron chi connectivity index (χ0n) is 14.5. The minimum atomic E-state index is -4.44. The SMILES string of the molecule is Cc1nn(-c2cccc(C(F)(F)F)c2)c2sc(C(=O)Nc3ccccn3)cc12. The van der Waals surface area contributed by atoms with Gasteiger partial charge in [0.05, 0.1) is 21.8 Å². The Morgan fingerprint density at radius 1 is 1.14 bits per heavy atom. The van der Waals surface area contributed by atoms with Crippen molar-refractivity contribution in [1.82, 2.24) is 14.8 Å². The van der Waals surface area contributed by atoms with E-state index in [0.717, 1.165) is 23.5 Å². The van der Waals surface area contributed by atoms with Crippen LogP contribution in [0.4, 0.5) is 19.0 Å². The summed E-state index contributed by atoms with van der Waals surface area (Å²) >= 11 is 1.16. The maximum Gasteiger partial charge on any atom is 0.416 e. The van der Waals surface area contributed by atoms with E-state index in [1.54, 1.807) is 43.5 Å². The van der Waals surface area contributed by atoms with Gasteiger partial charge in [-0.1, -0.05) is 12.1 Å². The molecule has 5 nitrogen and oxygen atoms in total. The van der Waals surface area contributed by atoms with Gasteiger partial charge in [-0.05, 0) is 43.3 Å². The number of hydrogen-bond acceptors (Lipinski definition) is 4. The van der Waals surface area contributed by atoms with Gasteiger partial charge in [0, 0.05) is 11.6 Å². The second-order valence-electron chi connectivity index (χ2n) is 6.04. The number of alkyl halides is 3. The van der Waals surface area contributed by atoms with Crippen LogP contribution in [-0.4, -0.2) is 20.7 Å². The summed E-state index contributed by atoms with van der Waals surface area (Å²) in [7, 11) is 0. The molecule has 0 fully saturated rings. The van der Waals surface area contributed by atoms with Crippen molar-refractivity contribution in [3.63, 3.8) is 0 Å². The molecule has 0 saturated carbocycles. The Hall–Kier alpha value is -3.20. The van der Waals surface area contributed by atoms with Crippen molar-refractivity contribution in [2.24, 2.45) is 0 Å². The number of hydrogen-bond donors (Lipinski definition) is 1. The third kappa shape index (κ3) is 3.36. The van der Waals surface area contributed by atoms with Gasteiger partial charge in [-0.25, -0.2) is 9.67 Å². The number of rotatable bonds is 3. The summed E-state index contributed by atoms with van der Waals surface area (Å²) in [6.07, 6.45) is -2.88. The highest BCUT2D eigenvalue weighted by Gasteiger charge is 2.30. The number of benzene rings is 1. The van der Waals surface area contributed by atoms with Gasteiger partial charge in [0.1, 0.15) is 10.6 Å². The lowest BCUT2D eigenvalue weighted by atomic mass is 10.2. The zero-order chi connectivity index (χ0) is 19.9. The highest BCUT2D eigenvalue weighted by Crippen LogP contribution is 2.33. The first kappa shape index (κ1) is 18.2. The summed E-state index contributed by atoms with van der Waals surface area (Å²) in [5, 5.41) is 7.76. The highest BCUT2D eigenvalue weighted by molar-refractivity contribution is 7.20. The Kier molecular flexibility index (Phi) is 4.38. The molecule has 3 heterocycles. The quantitative estimate of drug-likeness (QED) is 0.521. The number of anilines is 1. The topological polar surface area (TPSA) is 59.8 Å². The van der Waals surface area contributed by atoms with E-state index in [0.29, 0.717) is 26.6 Å². The van der Waals surface area contributed by atoms with Gasteiger partial charge in [-0.2, -0.15) is 18.3 Å². The van der Waals surface area contributed by atoms with E-state index in [-0.39, 0.29) is 11.6 Å². The molecule has 0 radical (unpaired) electrons. The van der Waals surface area contributed by atoms with E-state index >= 15 is 0 Å². The molecule has 142 valence electrons. The van der Waals surface area contributed by atoms with E-state index in [2.05, 4.69) is 15.4 Å². The van der Waals surface area contributed by atoms with Gasteiger partial charge in [0.15, 0.2) is 0 Å². The van der Waals surface area contributed by atoms with Crippen molar-refractivity contribution in [1.29, 1.82) is 0 Å². The van der Waals surface area contributed by atoms with E-state index < -0.39 is 11.7 Å². The average Bonchev–Trinajstić information content (AvgIpc) is 3.23. The van der Waals surface area contributed by atoms with E-state index in [1.807, 2.05) is 0 Å². The Balaban J connectivity index is 1.73. The summed E-state index contributed by atoms with van der Waals surface area (Å²) in [6.45, 7) is 1.75. The van der Waals surface area contributed by atoms with Crippen molar-refractivity contribution in [3.8, 4) is 5.69 Å². The molecule has 0 aliphatic carbocycles. The normalized spacial score (nSPS) is 11.7. The first-order chi connectivity index (χ1) is 13.3. The van der Waals surface area contributed by atoms with Crippen molar-refractivity contribution < 1.29 is 18.0 Å². The molecule has 4 aromatic rings. The van der Waals surface area contributed by atoms with Crippen LogP contribution in [0.2, 0.25) is 0 Å². The predicted molar refractivity (Wildman–Crippen MR) is 101 cm³/mol. The van der Waals surface area contributed by atoms with Crippen molar-refractivity contribution in [2.45, 2.75) is 13.1 Å². The Morgan fingerprint density at radius 3 is 2.68 bits per heavy atom. The molecule has 0 bridgehead atoms. The van der Waals surface area contributed by atoms with Gasteiger partial charge < -0.3 is 5.32 Å². The van der Waals surface area contributed by atoms with Crippen LogP contribution in [0.1, 0.15) is 20.9 Å². The number of nitrogens with zero attached hydrogens (tertiary/aromatic N) is 3. The van der Waals surface area contributed by atoms with Crippen LogP contribution in [0.15, 0.2) is 54.7 Å². The lowest BCUT2D eigenvalue weighted by Gasteiger charge is -2.09. The summed E-state index contributed by atoms with van der Waals surface area (Å²) < 4.78 is 40.5. The molecule has 0 aliphatic rings. The summed E-state index contributed by atoms with van der Waals surface area (Å²) in [6, 6.07) is 11.8. The monoisotopic (exact) mass is 402 g/mol. The lowest BCUT2D eigenvalue weighted by molar-refractivity contribution is -0.137. The van der Waals surface area contributed by atoms with Gasteiger partial charge in [0.2, 0.25) is 0 Å². The highest BCUT2D eigenvalue weighted by atomic mass is 32.1. The second-order valence-corrected chi connectivity index (χ2v) is 7.07. The minimum absolute atomic E-state index is 0.284. The first-order valence-corrected chi connectivity index (χ1v) is 9.04. The Bertz CT molecular complexity index is 1170. The molecule has 0 aliphatic heterocycles. The fourth-order valence-electron chi connectivity index (χ4n) is 2.76. The third-order valence-electron chi connectivity index (χ3n) is 4.09. The molecule has 1 N–H and O–H groups in total. The summed E-state index contributed by atoms with van der Waals surface area (Å²) in [5.41, 5.74) is 0.156. The number of aryl methyl sites for hydroxylation is 1. The fraction of sp³-hybridized carbons (Fsp3) is 0.105. The number of nitrogens with one attached hydrogen (secondary N) is 1. The molecule has 1 aromatic carbocycles. The van der Waals surface area contributed by atoms with Crippen LogP contribution >= 0.6 is 11.3 Å². The second kappa shape index (κ2) is 6.75. The number of carbonyl (C=O) groups excluding carboxylic acids is 1. The third-order valence-corrected chi connectivity index (χ3v) is 5.20. The Labute approximate surface area is 161 Å². The number of fused-ring (bicyclic) bond motifs is 1. The predicted octanol–water partition coefficient (Wildman–Crippen LogP) is 5.06. The first-order valence-electron chi connectivity index (χ1n) is 8.22. The molecule has 4 rings (SSSR count). The van der Waals surface area contributed by atoms with Gasteiger partial charge in [-0.15, -0.1) is 11.3 Å². The lowest BCUT2D eigenvalue weighted by Crippen LogP contribution is -2.11. The molecule has 0 atom stereocenters. The molecule has 3 aromatic heterocycles. The smallest absolute Gasteiger partial charge is 0.306 e. The molecule has 0 saturated heterocycles. The molecule has 0 unspecified atom stereocenters. The fourth-order valence-corrected chi connectivity index (χ4v) is 3.84. The number of aromatic nitrogens is 3. The number of amides is 1. The van der Waals surface area contributed by atoms with Crippen LogP contribution in [-0.2, 0) is 6.18 Å². The molecule has 0 spiro atoms. The summed E-state index contributed by atoms with van der Waals surface area (Å²) in [5.74, 6) is 0.0797. The zero-order valence-corrected chi connectivity index (χ0v) is 15.3. The van der Waals surface area contributed by atoms with Gasteiger partial charge in [0.25, 0.3) is 5.91 Å². The van der Waals surface area contributed by atoms with Crippen LogP contribution in [0.3, 0.4) is 0 Å². The standard InChI is InChI=1S/C19H13F3N4OS/c1-11-14-10-15(17(27)24-16-7-2-3-8-23-16)28-18(14)26(25-11)13-6-4-5-12(9-13)19(20,21)22/h2-10H,1H3,(H,23,24,27). The molecule has 1 amide bonds. The van der Waals surface area contributed by atoms with Crippen LogP contribution in [0.5, 0.6) is 0 Å². The van der Waals surface area contributed by atoms with Crippen LogP contribution in [0, 0.1) is 6.92 Å². The van der Waals surface area contributed by atoms with Gasteiger partial charge in [-0.3, -0.25) is 4.79 Å². The molecular formula is C19H13F3N4OS. The maximum absolute atomic E-state index is 13.0. The maximum atomic E-state index is 13.0.